The molecular formula is C13H22N4O3S. The smallest absolute Gasteiger partial charge is 0.244 e. The zero-order valence-corrected chi connectivity index (χ0v) is 13.2. The Morgan fingerprint density at radius 2 is 2.19 bits per heavy atom. The molecule has 3 rings (SSSR count). The zero-order chi connectivity index (χ0) is 15.2. The second kappa shape index (κ2) is 5.35. The third-order valence-corrected chi connectivity index (χ3v) is 6.08. The molecule has 3 unspecified atom stereocenters. The van der Waals surface area contributed by atoms with Crippen molar-refractivity contribution in [3.05, 3.63) is 11.4 Å². The Morgan fingerprint density at radius 1 is 1.43 bits per heavy atom. The molecule has 2 fully saturated rings. The van der Waals surface area contributed by atoms with E-state index in [1.54, 1.807) is 18.5 Å². The molecule has 0 aliphatic carbocycles. The molecule has 0 aromatic carbocycles. The highest BCUT2D eigenvalue weighted by molar-refractivity contribution is 7.89. The number of nitrogens with two attached hydrogens (primary N) is 1. The van der Waals surface area contributed by atoms with E-state index in [1.807, 2.05) is 0 Å². The van der Waals surface area contributed by atoms with Gasteiger partial charge in [-0.2, -0.15) is 5.10 Å². The largest absolute Gasteiger partial charge is 0.373 e. The average molecular weight is 314 g/mol. The normalized spacial score (nSPS) is 28.4. The molecule has 2 bridgehead atoms. The van der Waals surface area contributed by atoms with Crippen LogP contribution in [0.3, 0.4) is 0 Å². The van der Waals surface area contributed by atoms with E-state index >= 15 is 0 Å². The summed E-state index contributed by atoms with van der Waals surface area (Å²) in [5.41, 5.74) is 6.67. The van der Waals surface area contributed by atoms with Crippen molar-refractivity contribution in [2.24, 2.45) is 5.73 Å². The van der Waals surface area contributed by atoms with Gasteiger partial charge in [0.15, 0.2) is 0 Å². The molecule has 3 N–H and O–H groups in total. The fourth-order valence-corrected chi connectivity index (χ4v) is 5.12. The van der Waals surface area contributed by atoms with Gasteiger partial charge in [-0.3, -0.25) is 4.68 Å². The first-order valence-electron chi connectivity index (χ1n) is 7.34. The van der Waals surface area contributed by atoms with Crippen LogP contribution in [0.25, 0.3) is 0 Å². The van der Waals surface area contributed by atoms with Crippen LogP contribution in [-0.2, 0) is 21.3 Å². The standard InChI is InChI=1S/C13H22N4O3S/c1-8-13(9(2)17(15-8)6-5-14)21(18,19)16-11-7-10-3-4-12(11)20-10/h10-12,16H,3-7,14H2,1-2H3. The highest BCUT2D eigenvalue weighted by Gasteiger charge is 2.43. The number of fused-ring (bicyclic) bond motifs is 2. The third-order valence-electron chi connectivity index (χ3n) is 4.34. The minimum absolute atomic E-state index is 0.0180. The van der Waals surface area contributed by atoms with Gasteiger partial charge in [-0.25, -0.2) is 13.1 Å². The number of rotatable bonds is 5. The van der Waals surface area contributed by atoms with E-state index in [0.29, 0.717) is 24.5 Å². The van der Waals surface area contributed by atoms with Gasteiger partial charge in [0, 0.05) is 6.54 Å². The summed E-state index contributed by atoms with van der Waals surface area (Å²) < 4.78 is 35.5. The Labute approximate surface area is 124 Å². The summed E-state index contributed by atoms with van der Waals surface area (Å²) in [6.45, 7) is 4.42. The number of aryl methyl sites for hydroxylation is 1. The van der Waals surface area contributed by atoms with Crippen LogP contribution in [0, 0.1) is 13.8 Å². The predicted octanol–water partition coefficient (Wildman–Crippen LogP) is 0.0568. The Bertz CT molecular complexity index is 640. The summed E-state index contributed by atoms with van der Waals surface area (Å²) in [4.78, 5) is 0.277. The molecule has 0 spiro atoms. The van der Waals surface area contributed by atoms with Gasteiger partial charge < -0.3 is 10.5 Å². The van der Waals surface area contributed by atoms with Gasteiger partial charge in [-0.1, -0.05) is 0 Å². The maximum absolute atomic E-state index is 12.7. The summed E-state index contributed by atoms with van der Waals surface area (Å²) in [5.74, 6) is 0. The molecule has 3 atom stereocenters. The van der Waals surface area contributed by atoms with Gasteiger partial charge in [-0.15, -0.1) is 0 Å². The summed E-state index contributed by atoms with van der Waals surface area (Å²) >= 11 is 0. The second-order valence-corrected chi connectivity index (χ2v) is 7.50. The van der Waals surface area contributed by atoms with Crippen LogP contribution in [0.15, 0.2) is 4.90 Å². The van der Waals surface area contributed by atoms with E-state index in [2.05, 4.69) is 9.82 Å². The van der Waals surface area contributed by atoms with Crippen molar-refractivity contribution in [2.45, 2.75) is 62.8 Å². The molecule has 8 heteroatoms. The lowest BCUT2D eigenvalue weighted by Crippen LogP contribution is -2.41. The van der Waals surface area contributed by atoms with Crippen molar-refractivity contribution in [1.82, 2.24) is 14.5 Å². The summed E-state index contributed by atoms with van der Waals surface area (Å²) in [7, 11) is -3.58. The number of aromatic nitrogens is 2. The highest BCUT2D eigenvalue weighted by atomic mass is 32.2. The van der Waals surface area contributed by atoms with E-state index in [9.17, 15) is 8.42 Å². The molecule has 0 amide bonds. The zero-order valence-electron chi connectivity index (χ0n) is 12.4. The van der Waals surface area contributed by atoms with Crippen molar-refractivity contribution < 1.29 is 13.2 Å². The topological polar surface area (TPSA) is 99.2 Å². The maximum atomic E-state index is 12.7. The van der Waals surface area contributed by atoms with E-state index in [-0.39, 0.29) is 23.1 Å². The van der Waals surface area contributed by atoms with E-state index < -0.39 is 10.0 Å². The Hall–Kier alpha value is -0.960. The molecule has 1 aromatic heterocycles. The molecule has 1 aromatic rings. The number of hydrogen-bond acceptors (Lipinski definition) is 5. The van der Waals surface area contributed by atoms with Gasteiger partial charge in [0.25, 0.3) is 0 Å². The van der Waals surface area contributed by atoms with Crippen LogP contribution >= 0.6 is 0 Å². The number of nitrogens with one attached hydrogen (secondary N) is 1. The molecule has 0 radical (unpaired) electrons. The molecule has 3 heterocycles. The first-order valence-corrected chi connectivity index (χ1v) is 8.82. The highest BCUT2D eigenvalue weighted by Crippen LogP contribution is 2.35. The lowest BCUT2D eigenvalue weighted by atomic mass is 9.96. The molecule has 118 valence electrons. The van der Waals surface area contributed by atoms with Crippen LogP contribution in [0.5, 0.6) is 0 Å². The Kier molecular flexibility index (Phi) is 3.81. The van der Waals surface area contributed by atoms with E-state index in [4.69, 9.17) is 10.5 Å². The van der Waals surface area contributed by atoms with Crippen molar-refractivity contribution in [3.8, 4) is 0 Å². The fraction of sp³-hybridized carbons (Fsp3) is 0.769. The predicted molar refractivity (Wildman–Crippen MR) is 77.4 cm³/mol. The summed E-state index contributed by atoms with van der Waals surface area (Å²) in [6, 6.07) is -0.120. The van der Waals surface area contributed by atoms with Crippen molar-refractivity contribution >= 4 is 10.0 Å². The van der Waals surface area contributed by atoms with Crippen LogP contribution in [0.4, 0.5) is 0 Å². The third kappa shape index (κ3) is 2.61. The van der Waals surface area contributed by atoms with Gasteiger partial charge in [0.2, 0.25) is 10.0 Å². The van der Waals surface area contributed by atoms with Crippen molar-refractivity contribution in [3.63, 3.8) is 0 Å². The average Bonchev–Trinajstić information content (AvgIpc) is 3.05. The molecule has 2 aliphatic heterocycles. The second-order valence-electron chi connectivity index (χ2n) is 5.85. The lowest BCUT2D eigenvalue weighted by Gasteiger charge is -2.20. The molecule has 2 aliphatic rings. The van der Waals surface area contributed by atoms with Crippen molar-refractivity contribution in [2.75, 3.05) is 6.54 Å². The number of hydrogen-bond donors (Lipinski definition) is 2. The summed E-state index contributed by atoms with van der Waals surface area (Å²) in [5, 5.41) is 4.27. The maximum Gasteiger partial charge on any atom is 0.244 e. The molecule has 7 nitrogen and oxygen atoms in total. The Morgan fingerprint density at radius 3 is 2.76 bits per heavy atom. The summed E-state index contributed by atoms with van der Waals surface area (Å²) in [6.07, 6.45) is 2.96. The molecular weight excluding hydrogens is 292 g/mol. The van der Waals surface area contributed by atoms with Crippen LogP contribution in [-0.4, -0.2) is 43.0 Å². The van der Waals surface area contributed by atoms with Gasteiger partial charge >= 0.3 is 0 Å². The van der Waals surface area contributed by atoms with Crippen LogP contribution in [0.2, 0.25) is 0 Å². The number of ether oxygens (including phenoxy) is 1. The van der Waals surface area contributed by atoms with Gasteiger partial charge in [0.1, 0.15) is 4.90 Å². The van der Waals surface area contributed by atoms with Crippen molar-refractivity contribution in [1.29, 1.82) is 0 Å². The fourth-order valence-electron chi connectivity index (χ4n) is 3.43. The minimum Gasteiger partial charge on any atom is -0.373 e. The van der Waals surface area contributed by atoms with E-state index in [0.717, 1.165) is 19.3 Å². The monoisotopic (exact) mass is 314 g/mol. The van der Waals surface area contributed by atoms with Crippen LogP contribution in [0.1, 0.15) is 30.7 Å². The van der Waals surface area contributed by atoms with Crippen LogP contribution < -0.4 is 10.5 Å². The first kappa shape index (κ1) is 15.0. The van der Waals surface area contributed by atoms with Gasteiger partial charge in [0.05, 0.1) is 36.2 Å². The SMILES string of the molecule is Cc1nn(CCN)c(C)c1S(=O)(=O)NC1CC2CCC1O2. The molecule has 21 heavy (non-hydrogen) atoms. The minimum atomic E-state index is -3.58. The number of sulfonamides is 1. The molecule has 2 saturated heterocycles. The molecule has 0 saturated carbocycles. The quantitative estimate of drug-likeness (QED) is 0.800. The van der Waals surface area contributed by atoms with E-state index in [1.165, 1.54) is 0 Å². The lowest BCUT2D eigenvalue weighted by molar-refractivity contribution is 0.0996. The Balaban J connectivity index is 1.85. The first-order chi connectivity index (χ1) is 9.92. The van der Waals surface area contributed by atoms with Gasteiger partial charge in [-0.05, 0) is 33.1 Å². The number of nitrogens with zero attached hydrogens (tertiary/aromatic N) is 2.